The fourth-order valence-corrected chi connectivity index (χ4v) is 5.47. The lowest BCUT2D eigenvalue weighted by atomic mass is 10.0. The number of hydrogen-bond acceptors (Lipinski definition) is 4. The Kier molecular flexibility index (Phi) is 5.58. The first-order chi connectivity index (χ1) is 15.1. The zero-order valence-electron chi connectivity index (χ0n) is 18.5. The van der Waals surface area contributed by atoms with E-state index in [2.05, 4.69) is 46.5 Å². The molecular weight excluding hydrogens is 390 g/mol. The van der Waals surface area contributed by atoms with E-state index in [1.54, 1.807) is 4.90 Å². The van der Waals surface area contributed by atoms with Gasteiger partial charge in [0.15, 0.2) is 6.04 Å². The Morgan fingerprint density at radius 1 is 1.16 bits per heavy atom. The minimum atomic E-state index is -0.150. The third-order valence-electron chi connectivity index (χ3n) is 7.29. The number of rotatable bonds is 5. The maximum absolute atomic E-state index is 13.3. The molecule has 2 aromatic heterocycles. The van der Waals surface area contributed by atoms with Gasteiger partial charge in [-0.25, -0.2) is 4.68 Å². The van der Waals surface area contributed by atoms with E-state index >= 15 is 0 Å². The zero-order chi connectivity index (χ0) is 21.4. The Morgan fingerprint density at radius 2 is 1.94 bits per heavy atom. The number of H-pyrrole nitrogens is 1. The second kappa shape index (κ2) is 8.51. The molecule has 1 saturated heterocycles. The van der Waals surface area contributed by atoms with Crippen LogP contribution in [0.4, 0.5) is 0 Å². The summed E-state index contributed by atoms with van der Waals surface area (Å²) in [5, 5.41) is 14.1. The minimum absolute atomic E-state index is 0.0277. The Labute approximate surface area is 182 Å². The van der Waals surface area contributed by atoms with E-state index in [0.717, 1.165) is 67.9 Å². The van der Waals surface area contributed by atoms with Gasteiger partial charge in [-0.3, -0.25) is 4.79 Å². The summed E-state index contributed by atoms with van der Waals surface area (Å²) in [6.07, 6.45) is 4.66. The van der Waals surface area contributed by atoms with Crippen LogP contribution in [0.15, 0.2) is 29.1 Å². The van der Waals surface area contributed by atoms with Gasteiger partial charge in [-0.15, -0.1) is 5.10 Å². The molecule has 2 aliphatic rings. The summed E-state index contributed by atoms with van der Waals surface area (Å²) in [7, 11) is 0. The maximum atomic E-state index is 13.3. The highest BCUT2D eigenvalue weighted by Crippen LogP contribution is 2.31. The number of piperazine rings is 1. The van der Waals surface area contributed by atoms with Crippen molar-refractivity contribution in [2.45, 2.75) is 51.6 Å². The number of quaternary nitrogens is 2. The second-order valence-electron chi connectivity index (χ2n) is 9.26. The molecule has 1 aliphatic heterocycles. The van der Waals surface area contributed by atoms with Crippen LogP contribution in [-0.4, -0.2) is 57.9 Å². The Hall–Kier alpha value is -2.58. The molecule has 0 amide bonds. The molecule has 8 heteroatoms. The number of fused-ring (bicyclic) bond motifs is 1. The Bertz CT molecular complexity index is 1110. The molecule has 0 spiro atoms. The van der Waals surface area contributed by atoms with Crippen LogP contribution in [-0.2, 0) is 0 Å². The fraction of sp³-hybridized carbons (Fsp3) is 0.565. The highest BCUT2D eigenvalue weighted by Gasteiger charge is 2.38. The monoisotopic (exact) mass is 423 g/mol. The molecule has 0 bridgehead atoms. The van der Waals surface area contributed by atoms with Crippen LogP contribution >= 0.6 is 0 Å². The number of tetrazole rings is 1. The number of pyridine rings is 1. The molecule has 0 unspecified atom stereocenters. The van der Waals surface area contributed by atoms with Crippen LogP contribution in [0.5, 0.6) is 0 Å². The molecule has 2 fully saturated rings. The van der Waals surface area contributed by atoms with E-state index in [1.807, 2.05) is 16.8 Å². The Morgan fingerprint density at radius 3 is 2.68 bits per heavy atom. The van der Waals surface area contributed by atoms with Gasteiger partial charge in [0.25, 0.3) is 5.56 Å². The third kappa shape index (κ3) is 3.90. The standard InChI is InChI=1S/C23H31N7O/c1-3-28-10-12-29(13-11-28)21(22-25-26-27-30(22)18-6-4-5-7-18)19-15-17-14-16(2)8-9-20(17)24-23(19)31/h8-9,14-15,18,21H,3-7,10-13H2,1-2H3,(H,24,31)/p+2/t21-/m0/s1. The van der Waals surface area contributed by atoms with Crippen LogP contribution in [0.25, 0.3) is 10.9 Å². The van der Waals surface area contributed by atoms with E-state index in [0.29, 0.717) is 6.04 Å². The predicted molar refractivity (Wildman–Crippen MR) is 118 cm³/mol. The number of benzene rings is 1. The van der Waals surface area contributed by atoms with Gasteiger partial charge in [0, 0.05) is 5.52 Å². The van der Waals surface area contributed by atoms with Crippen molar-refractivity contribution in [3.8, 4) is 0 Å². The van der Waals surface area contributed by atoms with Crippen LogP contribution in [0.3, 0.4) is 0 Å². The van der Waals surface area contributed by atoms with Crippen molar-refractivity contribution in [3.05, 3.63) is 51.6 Å². The van der Waals surface area contributed by atoms with Gasteiger partial charge in [0.05, 0.1) is 18.2 Å². The van der Waals surface area contributed by atoms with Gasteiger partial charge >= 0.3 is 0 Å². The summed E-state index contributed by atoms with van der Waals surface area (Å²) in [4.78, 5) is 19.4. The molecular formula is C23H33N7O+2. The lowest BCUT2D eigenvalue weighted by Crippen LogP contribution is -3.28. The van der Waals surface area contributed by atoms with E-state index < -0.39 is 0 Å². The van der Waals surface area contributed by atoms with Gasteiger partial charge in [-0.1, -0.05) is 24.5 Å². The van der Waals surface area contributed by atoms with Crippen molar-refractivity contribution in [2.75, 3.05) is 32.7 Å². The Balaban J connectivity index is 1.61. The van der Waals surface area contributed by atoms with Crippen molar-refractivity contribution in [1.29, 1.82) is 0 Å². The lowest BCUT2D eigenvalue weighted by Gasteiger charge is -2.33. The minimum Gasteiger partial charge on any atom is -0.326 e. The van der Waals surface area contributed by atoms with Crippen molar-refractivity contribution >= 4 is 10.9 Å². The molecule has 0 radical (unpaired) electrons. The van der Waals surface area contributed by atoms with Gasteiger partial charge < -0.3 is 14.8 Å². The van der Waals surface area contributed by atoms with Crippen LogP contribution in [0.2, 0.25) is 0 Å². The normalized spacial score (nSPS) is 23.4. The summed E-state index contributed by atoms with van der Waals surface area (Å²) in [5.74, 6) is 0.847. The van der Waals surface area contributed by atoms with Crippen molar-refractivity contribution in [1.82, 2.24) is 25.2 Å². The number of aryl methyl sites for hydroxylation is 1. The van der Waals surface area contributed by atoms with Crippen LogP contribution in [0, 0.1) is 6.92 Å². The first kappa shape index (κ1) is 20.3. The number of nitrogens with one attached hydrogen (secondary N) is 3. The number of aromatic nitrogens is 5. The van der Waals surface area contributed by atoms with E-state index in [-0.39, 0.29) is 11.6 Å². The molecule has 3 heterocycles. The maximum Gasteiger partial charge on any atom is 0.258 e. The summed E-state index contributed by atoms with van der Waals surface area (Å²) in [6.45, 7) is 9.71. The largest absolute Gasteiger partial charge is 0.326 e. The van der Waals surface area contributed by atoms with Crippen molar-refractivity contribution in [3.63, 3.8) is 0 Å². The smallest absolute Gasteiger partial charge is 0.258 e. The van der Waals surface area contributed by atoms with Gasteiger partial charge in [0.2, 0.25) is 5.82 Å². The summed E-state index contributed by atoms with van der Waals surface area (Å²) in [5.41, 5.74) is 2.82. The molecule has 3 N–H and O–H groups in total. The molecule has 1 saturated carbocycles. The SMILES string of the molecule is CC[NH+]1CC[NH+]([C@@H](c2cc3cc(C)ccc3[nH]c2=O)c2nnnn2C2CCCC2)CC1. The quantitative estimate of drug-likeness (QED) is 0.532. The topological polar surface area (TPSA) is 85.3 Å². The van der Waals surface area contributed by atoms with Gasteiger partial charge in [-0.2, -0.15) is 0 Å². The summed E-state index contributed by atoms with van der Waals surface area (Å²) >= 11 is 0. The number of nitrogens with zero attached hydrogens (tertiary/aromatic N) is 4. The van der Waals surface area contributed by atoms with E-state index in [4.69, 9.17) is 0 Å². The van der Waals surface area contributed by atoms with E-state index in [1.165, 1.54) is 23.3 Å². The van der Waals surface area contributed by atoms with Gasteiger partial charge in [0.1, 0.15) is 26.2 Å². The number of likely N-dealkylation sites (N-methyl/N-ethyl adjacent to an activating group) is 1. The summed E-state index contributed by atoms with van der Waals surface area (Å²) < 4.78 is 2.03. The van der Waals surface area contributed by atoms with Crippen molar-refractivity contribution < 1.29 is 9.80 Å². The van der Waals surface area contributed by atoms with Gasteiger partial charge in [-0.05, 0) is 60.7 Å². The molecule has 5 rings (SSSR count). The third-order valence-corrected chi connectivity index (χ3v) is 7.29. The zero-order valence-corrected chi connectivity index (χ0v) is 18.5. The molecule has 1 atom stereocenters. The molecule has 31 heavy (non-hydrogen) atoms. The average molecular weight is 424 g/mol. The number of hydrogen-bond donors (Lipinski definition) is 3. The highest BCUT2D eigenvalue weighted by atomic mass is 16.1. The first-order valence-electron chi connectivity index (χ1n) is 11.7. The number of aromatic amines is 1. The average Bonchev–Trinajstić information content (AvgIpc) is 3.47. The molecule has 8 nitrogen and oxygen atoms in total. The van der Waals surface area contributed by atoms with Crippen LogP contribution in [0.1, 0.15) is 61.6 Å². The van der Waals surface area contributed by atoms with E-state index in [9.17, 15) is 4.79 Å². The lowest BCUT2D eigenvalue weighted by molar-refractivity contribution is -1.02. The van der Waals surface area contributed by atoms with Crippen molar-refractivity contribution in [2.24, 2.45) is 0 Å². The molecule has 3 aromatic rings. The van der Waals surface area contributed by atoms with Crippen LogP contribution < -0.4 is 15.4 Å². The predicted octanol–water partition coefficient (Wildman–Crippen LogP) is -0.169. The summed E-state index contributed by atoms with van der Waals surface area (Å²) in [6, 6.07) is 8.43. The first-order valence-corrected chi connectivity index (χ1v) is 11.7. The molecule has 1 aliphatic carbocycles. The highest BCUT2D eigenvalue weighted by molar-refractivity contribution is 5.79. The second-order valence-corrected chi connectivity index (χ2v) is 9.26. The fourth-order valence-electron chi connectivity index (χ4n) is 5.47. The molecule has 1 aromatic carbocycles. The molecule has 164 valence electrons.